The van der Waals surface area contributed by atoms with Crippen LogP contribution in [0.15, 0.2) is 32.2 Å². The largest absolute Gasteiger partial charge is 0.328 e. The maximum atomic E-state index is 12.0. The van der Waals surface area contributed by atoms with Crippen molar-refractivity contribution in [2.75, 3.05) is 0 Å². The highest BCUT2D eigenvalue weighted by atomic mass is 79.9. The minimum absolute atomic E-state index is 0.0353. The molecule has 0 N–H and O–H groups in total. The summed E-state index contributed by atoms with van der Waals surface area (Å²) in [4.78, 5) is 12.0. The van der Waals surface area contributed by atoms with Gasteiger partial charge in [-0.2, -0.15) is 11.3 Å². The van der Waals surface area contributed by atoms with Gasteiger partial charge in [0.2, 0.25) is 0 Å². The molecule has 2 heterocycles. The fourth-order valence-electron chi connectivity index (χ4n) is 2.53. The van der Waals surface area contributed by atoms with Crippen LogP contribution in [0.3, 0.4) is 0 Å². The average Bonchev–Trinajstić information content (AvgIpc) is 2.97. The second kappa shape index (κ2) is 5.30. The summed E-state index contributed by atoms with van der Waals surface area (Å²) >= 11 is 11.9. The van der Waals surface area contributed by atoms with Gasteiger partial charge in [-0.15, -0.1) is 11.6 Å². The fraction of sp³-hybridized carbons (Fsp3) is 0.267. The van der Waals surface area contributed by atoms with Crippen LogP contribution in [0.25, 0.3) is 11.0 Å². The summed E-state index contributed by atoms with van der Waals surface area (Å²) in [5.41, 5.74) is 5.03. The number of aromatic nitrogens is 2. The quantitative estimate of drug-likeness (QED) is 0.603. The van der Waals surface area contributed by atoms with E-state index in [1.807, 2.05) is 12.1 Å². The molecule has 0 fully saturated rings. The van der Waals surface area contributed by atoms with Crippen molar-refractivity contribution in [3.8, 4) is 0 Å². The van der Waals surface area contributed by atoms with Gasteiger partial charge in [0.25, 0.3) is 0 Å². The first-order valence-corrected chi connectivity index (χ1v) is 8.60. The van der Waals surface area contributed by atoms with Crippen LogP contribution in [0.2, 0.25) is 0 Å². The number of nitrogens with zero attached hydrogens (tertiary/aromatic N) is 2. The molecular formula is C15H14BrClN2OS. The van der Waals surface area contributed by atoms with E-state index in [2.05, 4.69) is 33.6 Å². The van der Waals surface area contributed by atoms with Crippen LogP contribution in [0.5, 0.6) is 0 Å². The minimum Gasteiger partial charge on any atom is -0.295 e. The van der Waals surface area contributed by atoms with E-state index in [0.717, 1.165) is 26.6 Å². The topological polar surface area (TPSA) is 26.9 Å². The van der Waals surface area contributed by atoms with E-state index in [0.29, 0.717) is 0 Å². The van der Waals surface area contributed by atoms with Gasteiger partial charge in [-0.25, -0.2) is 4.79 Å². The third kappa shape index (κ3) is 2.28. The lowest BCUT2D eigenvalue weighted by Crippen LogP contribution is -2.19. The van der Waals surface area contributed by atoms with Crippen LogP contribution >= 0.6 is 38.9 Å². The zero-order valence-electron chi connectivity index (χ0n) is 11.9. The number of benzene rings is 1. The molecule has 0 bridgehead atoms. The van der Waals surface area contributed by atoms with Crippen molar-refractivity contribution in [2.45, 2.75) is 12.3 Å². The zero-order chi connectivity index (χ0) is 15.3. The molecular weight excluding hydrogens is 372 g/mol. The SMILES string of the molecule is Cc1cscc1C(Cl)c1cc2c(cc1Br)n(C)c(=O)n2C. The fourth-order valence-corrected chi connectivity index (χ4v) is 4.59. The highest BCUT2D eigenvalue weighted by Gasteiger charge is 2.19. The number of thiophene rings is 1. The molecule has 0 aliphatic heterocycles. The van der Waals surface area contributed by atoms with Crippen molar-refractivity contribution in [2.24, 2.45) is 14.1 Å². The Kier molecular flexibility index (Phi) is 3.76. The Morgan fingerprint density at radius 3 is 2.33 bits per heavy atom. The van der Waals surface area contributed by atoms with Crippen molar-refractivity contribution < 1.29 is 0 Å². The van der Waals surface area contributed by atoms with E-state index in [4.69, 9.17) is 11.6 Å². The van der Waals surface area contributed by atoms with Crippen molar-refractivity contribution in [3.63, 3.8) is 0 Å². The zero-order valence-corrected chi connectivity index (χ0v) is 15.0. The van der Waals surface area contributed by atoms with Gasteiger partial charge in [0.1, 0.15) is 0 Å². The van der Waals surface area contributed by atoms with Crippen molar-refractivity contribution in [3.05, 3.63) is 54.5 Å². The first-order valence-electron chi connectivity index (χ1n) is 6.43. The number of hydrogen-bond donors (Lipinski definition) is 0. The predicted molar refractivity (Wildman–Crippen MR) is 92.6 cm³/mol. The van der Waals surface area contributed by atoms with Gasteiger partial charge in [0.15, 0.2) is 0 Å². The summed E-state index contributed by atoms with van der Waals surface area (Å²) in [6.45, 7) is 2.06. The molecule has 0 amide bonds. The van der Waals surface area contributed by atoms with E-state index >= 15 is 0 Å². The van der Waals surface area contributed by atoms with E-state index in [9.17, 15) is 4.79 Å². The predicted octanol–water partition coefficient (Wildman–Crippen LogP) is 4.34. The van der Waals surface area contributed by atoms with Crippen LogP contribution < -0.4 is 5.69 Å². The molecule has 0 spiro atoms. The van der Waals surface area contributed by atoms with Gasteiger partial charge in [-0.3, -0.25) is 9.13 Å². The van der Waals surface area contributed by atoms with Crippen LogP contribution in [0.1, 0.15) is 22.1 Å². The monoisotopic (exact) mass is 384 g/mol. The Hall–Kier alpha value is -1.04. The third-order valence-electron chi connectivity index (χ3n) is 3.83. The van der Waals surface area contributed by atoms with Gasteiger partial charge < -0.3 is 0 Å². The number of halogens is 2. The normalized spacial score (nSPS) is 13.0. The molecule has 0 aliphatic carbocycles. The molecule has 1 aromatic carbocycles. The van der Waals surface area contributed by atoms with E-state index in [-0.39, 0.29) is 11.1 Å². The number of fused-ring (bicyclic) bond motifs is 1. The molecule has 0 saturated heterocycles. The molecule has 0 aliphatic rings. The lowest BCUT2D eigenvalue weighted by molar-refractivity contribution is 0.795. The van der Waals surface area contributed by atoms with Crippen molar-refractivity contribution >= 4 is 49.9 Å². The van der Waals surface area contributed by atoms with Gasteiger partial charge >= 0.3 is 5.69 Å². The summed E-state index contributed by atoms with van der Waals surface area (Å²) in [6, 6.07) is 3.96. The summed E-state index contributed by atoms with van der Waals surface area (Å²) in [7, 11) is 3.55. The second-order valence-corrected chi connectivity index (χ2v) is 7.17. The first kappa shape index (κ1) is 14.9. The van der Waals surface area contributed by atoms with E-state index in [1.54, 1.807) is 34.6 Å². The molecule has 0 saturated carbocycles. The van der Waals surface area contributed by atoms with Crippen LogP contribution in [0, 0.1) is 6.92 Å². The van der Waals surface area contributed by atoms with Gasteiger partial charge in [-0.05, 0) is 46.5 Å². The number of rotatable bonds is 2. The van der Waals surface area contributed by atoms with E-state index in [1.165, 1.54) is 5.56 Å². The Labute approximate surface area is 139 Å². The molecule has 3 aromatic rings. The molecule has 6 heteroatoms. The Balaban J connectivity index is 2.24. The van der Waals surface area contributed by atoms with Crippen molar-refractivity contribution in [1.29, 1.82) is 0 Å². The summed E-state index contributed by atoms with van der Waals surface area (Å²) in [5, 5.41) is 3.94. The summed E-state index contributed by atoms with van der Waals surface area (Å²) < 4.78 is 4.21. The summed E-state index contributed by atoms with van der Waals surface area (Å²) in [5.74, 6) is 0. The molecule has 1 unspecified atom stereocenters. The van der Waals surface area contributed by atoms with Crippen LogP contribution in [0.4, 0.5) is 0 Å². The van der Waals surface area contributed by atoms with E-state index < -0.39 is 0 Å². The first-order chi connectivity index (χ1) is 9.91. The minimum atomic E-state index is -0.231. The van der Waals surface area contributed by atoms with Gasteiger partial charge in [0.05, 0.1) is 16.4 Å². The lowest BCUT2D eigenvalue weighted by Gasteiger charge is -2.13. The van der Waals surface area contributed by atoms with Crippen molar-refractivity contribution in [1.82, 2.24) is 9.13 Å². The Bertz CT molecular complexity index is 893. The van der Waals surface area contributed by atoms with Crippen LogP contribution in [-0.4, -0.2) is 9.13 Å². The molecule has 0 radical (unpaired) electrons. The molecule has 3 rings (SSSR count). The lowest BCUT2D eigenvalue weighted by atomic mass is 10.0. The molecule has 2 aromatic heterocycles. The van der Waals surface area contributed by atoms with Gasteiger partial charge in [-0.1, -0.05) is 15.9 Å². The Morgan fingerprint density at radius 1 is 1.14 bits per heavy atom. The maximum Gasteiger partial charge on any atom is 0.328 e. The maximum absolute atomic E-state index is 12.0. The van der Waals surface area contributed by atoms with Crippen LogP contribution in [-0.2, 0) is 14.1 Å². The smallest absolute Gasteiger partial charge is 0.295 e. The number of imidazole rings is 1. The summed E-state index contributed by atoms with van der Waals surface area (Å²) in [6.07, 6.45) is 0. The molecule has 110 valence electrons. The molecule has 21 heavy (non-hydrogen) atoms. The number of aryl methyl sites for hydroxylation is 3. The third-order valence-corrected chi connectivity index (χ3v) is 5.87. The molecule has 3 nitrogen and oxygen atoms in total. The molecule has 1 atom stereocenters. The highest BCUT2D eigenvalue weighted by molar-refractivity contribution is 9.10. The standard InChI is InChI=1S/C15H14BrClN2OS/c1-8-6-21-7-10(8)14(17)9-4-12-13(5-11(9)16)19(3)15(20)18(12)2/h4-7,14H,1-3H3. The van der Waals surface area contributed by atoms with Gasteiger partial charge in [0, 0.05) is 18.6 Å². The number of alkyl halides is 1. The number of hydrogen-bond acceptors (Lipinski definition) is 2. The average molecular weight is 386 g/mol. The highest BCUT2D eigenvalue weighted by Crippen LogP contribution is 2.38. The Morgan fingerprint density at radius 2 is 1.76 bits per heavy atom. The second-order valence-electron chi connectivity index (χ2n) is 5.14.